The van der Waals surface area contributed by atoms with Gasteiger partial charge in [0.05, 0.1) is 29.6 Å². The fraction of sp³-hybridized carbons (Fsp3) is 0.357. The lowest BCUT2D eigenvalue weighted by Gasteiger charge is -2.23. The zero-order valence-corrected chi connectivity index (χ0v) is 22.2. The summed E-state index contributed by atoms with van der Waals surface area (Å²) in [7, 11) is 0. The van der Waals surface area contributed by atoms with Gasteiger partial charge in [-0.05, 0) is 37.0 Å². The Kier molecular flexibility index (Phi) is 8.06. The molecule has 0 unspecified atom stereocenters. The first-order chi connectivity index (χ1) is 18.8. The zero-order chi connectivity index (χ0) is 27.5. The number of aromatic nitrogens is 2. The van der Waals surface area contributed by atoms with E-state index >= 15 is 0 Å². The Hall–Kier alpha value is -3.60. The summed E-state index contributed by atoms with van der Waals surface area (Å²) in [6.07, 6.45) is 3.25. The second-order valence-corrected chi connectivity index (χ2v) is 10.1. The van der Waals surface area contributed by atoms with Crippen LogP contribution in [0.1, 0.15) is 45.9 Å². The number of amides is 2. The Labute approximate surface area is 230 Å². The summed E-state index contributed by atoms with van der Waals surface area (Å²) in [6.45, 7) is 2.52. The number of hydrogen-bond donors (Lipinski definition) is 3. The minimum absolute atomic E-state index is 0.193. The van der Waals surface area contributed by atoms with Gasteiger partial charge < -0.3 is 25.4 Å². The topological polar surface area (TPSA) is 117 Å². The molecule has 11 heteroatoms. The van der Waals surface area contributed by atoms with Crippen LogP contribution < -0.4 is 10.6 Å². The fourth-order valence-electron chi connectivity index (χ4n) is 4.87. The van der Waals surface area contributed by atoms with Crippen molar-refractivity contribution < 1.29 is 23.8 Å². The van der Waals surface area contributed by atoms with Crippen LogP contribution in [0.4, 0.5) is 10.3 Å². The minimum Gasteiger partial charge on any atom is -0.394 e. The number of carbonyl (C=O) groups is 2. The maximum absolute atomic E-state index is 14.5. The molecule has 2 aliphatic rings. The molecule has 2 aliphatic heterocycles. The van der Waals surface area contributed by atoms with Gasteiger partial charge in [-0.15, -0.1) is 0 Å². The van der Waals surface area contributed by atoms with Gasteiger partial charge in [0.15, 0.2) is 0 Å². The molecule has 9 nitrogen and oxygen atoms in total. The van der Waals surface area contributed by atoms with E-state index in [9.17, 15) is 19.1 Å². The van der Waals surface area contributed by atoms with E-state index in [2.05, 4.69) is 20.6 Å². The van der Waals surface area contributed by atoms with Crippen molar-refractivity contribution in [3.63, 3.8) is 0 Å². The Bertz CT molecular complexity index is 1400. The SMILES string of the molecule is Cc1cccc([C@@H](CO)NC(=O)CN2Cc3ccc(-c4nc(NC5CCOCC5)ncc4Cl)cc3C2=O)c1F. The highest BCUT2D eigenvalue weighted by atomic mass is 35.5. The predicted molar refractivity (Wildman–Crippen MR) is 144 cm³/mol. The second-order valence-electron chi connectivity index (χ2n) is 9.74. The summed E-state index contributed by atoms with van der Waals surface area (Å²) < 4.78 is 19.9. The maximum atomic E-state index is 14.5. The highest BCUT2D eigenvalue weighted by molar-refractivity contribution is 6.33. The van der Waals surface area contributed by atoms with Crippen LogP contribution in [-0.2, 0) is 16.1 Å². The molecule has 0 aliphatic carbocycles. The molecule has 0 bridgehead atoms. The molecule has 2 aromatic carbocycles. The lowest BCUT2D eigenvalue weighted by atomic mass is 10.0. The molecular weight excluding hydrogens is 525 g/mol. The quantitative estimate of drug-likeness (QED) is 0.390. The first kappa shape index (κ1) is 27.0. The summed E-state index contributed by atoms with van der Waals surface area (Å²) in [5, 5.41) is 16.1. The third-order valence-corrected chi connectivity index (χ3v) is 7.29. The maximum Gasteiger partial charge on any atom is 0.254 e. The van der Waals surface area contributed by atoms with Gasteiger partial charge in [-0.2, -0.15) is 0 Å². The molecule has 1 aromatic heterocycles. The highest BCUT2D eigenvalue weighted by Gasteiger charge is 2.30. The Morgan fingerprint density at radius 2 is 2.08 bits per heavy atom. The van der Waals surface area contributed by atoms with Crippen LogP contribution in [-0.4, -0.2) is 64.2 Å². The minimum atomic E-state index is -0.923. The van der Waals surface area contributed by atoms with Gasteiger partial charge in [0.1, 0.15) is 12.4 Å². The molecule has 1 atom stereocenters. The van der Waals surface area contributed by atoms with Crippen LogP contribution in [0.5, 0.6) is 0 Å². The molecule has 0 spiro atoms. The molecule has 1 fully saturated rings. The van der Waals surface area contributed by atoms with Crippen molar-refractivity contribution in [3.8, 4) is 11.3 Å². The number of nitrogens with one attached hydrogen (secondary N) is 2. The van der Waals surface area contributed by atoms with E-state index in [0.717, 1.165) is 18.4 Å². The fourth-order valence-corrected chi connectivity index (χ4v) is 5.07. The molecular formula is C28H29ClFN5O4. The van der Waals surface area contributed by atoms with Crippen LogP contribution in [0, 0.1) is 12.7 Å². The van der Waals surface area contributed by atoms with Gasteiger partial charge in [0.25, 0.3) is 5.91 Å². The van der Waals surface area contributed by atoms with Crippen molar-refractivity contribution >= 4 is 29.4 Å². The van der Waals surface area contributed by atoms with Crippen LogP contribution in [0.2, 0.25) is 5.02 Å². The molecule has 2 amide bonds. The first-order valence-corrected chi connectivity index (χ1v) is 13.2. The number of anilines is 1. The van der Waals surface area contributed by atoms with Crippen LogP contribution in [0.15, 0.2) is 42.6 Å². The van der Waals surface area contributed by atoms with Crippen LogP contribution >= 0.6 is 11.6 Å². The van der Waals surface area contributed by atoms with Crippen molar-refractivity contribution in [1.29, 1.82) is 0 Å². The molecule has 3 heterocycles. The number of nitrogens with zero attached hydrogens (tertiary/aromatic N) is 3. The number of ether oxygens (including phenoxy) is 1. The van der Waals surface area contributed by atoms with Gasteiger partial charge in [0.2, 0.25) is 11.9 Å². The van der Waals surface area contributed by atoms with Gasteiger partial charge in [-0.1, -0.05) is 41.9 Å². The third kappa shape index (κ3) is 5.88. The number of rotatable bonds is 8. The normalized spacial score (nSPS) is 16.2. The van der Waals surface area contributed by atoms with Crippen molar-refractivity contribution in [2.75, 3.05) is 31.7 Å². The van der Waals surface area contributed by atoms with Crippen molar-refractivity contribution in [3.05, 3.63) is 75.7 Å². The molecule has 204 valence electrons. The number of halogens is 2. The number of fused-ring (bicyclic) bond motifs is 1. The van der Waals surface area contributed by atoms with E-state index in [0.29, 0.717) is 46.6 Å². The monoisotopic (exact) mass is 553 g/mol. The summed E-state index contributed by atoms with van der Waals surface area (Å²) >= 11 is 6.42. The number of aliphatic hydroxyl groups excluding tert-OH is 1. The van der Waals surface area contributed by atoms with Crippen molar-refractivity contribution in [1.82, 2.24) is 20.2 Å². The number of benzene rings is 2. The Morgan fingerprint density at radius 3 is 2.85 bits per heavy atom. The van der Waals surface area contributed by atoms with Crippen molar-refractivity contribution in [2.24, 2.45) is 0 Å². The molecule has 5 rings (SSSR count). The highest BCUT2D eigenvalue weighted by Crippen LogP contribution is 2.32. The number of aryl methyl sites for hydroxylation is 1. The predicted octanol–water partition coefficient (Wildman–Crippen LogP) is 3.64. The van der Waals surface area contributed by atoms with Gasteiger partial charge >= 0.3 is 0 Å². The largest absolute Gasteiger partial charge is 0.394 e. The summed E-state index contributed by atoms with van der Waals surface area (Å²) in [5.41, 5.74) is 2.99. The number of carbonyl (C=O) groups excluding carboxylic acids is 2. The van der Waals surface area contributed by atoms with E-state index in [1.54, 1.807) is 25.1 Å². The first-order valence-electron chi connectivity index (χ1n) is 12.8. The Morgan fingerprint density at radius 1 is 1.28 bits per heavy atom. The number of aliphatic hydroxyl groups is 1. The summed E-state index contributed by atoms with van der Waals surface area (Å²) in [4.78, 5) is 36.3. The van der Waals surface area contributed by atoms with Gasteiger partial charge in [-0.3, -0.25) is 9.59 Å². The average molecular weight is 554 g/mol. The standard InChI is InChI=1S/C28H29ClFN5O4/c1-16-3-2-4-20(25(16)30)23(15-36)33-24(37)14-35-13-18-6-5-17(11-21(18)27(35)38)26-22(29)12-31-28(34-26)32-19-7-9-39-10-8-19/h2-6,11-12,19,23,36H,7-10,13-15H2,1H3,(H,33,37)(H,31,32,34)/t23-/m1/s1. The molecule has 0 radical (unpaired) electrons. The molecule has 0 saturated carbocycles. The molecule has 39 heavy (non-hydrogen) atoms. The summed E-state index contributed by atoms with van der Waals surface area (Å²) in [5.74, 6) is -0.840. The van der Waals surface area contributed by atoms with E-state index < -0.39 is 24.4 Å². The van der Waals surface area contributed by atoms with Gasteiger partial charge in [-0.25, -0.2) is 14.4 Å². The number of hydrogen-bond acceptors (Lipinski definition) is 7. The van der Waals surface area contributed by atoms with E-state index in [1.807, 2.05) is 12.1 Å². The van der Waals surface area contributed by atoms with Crippen molar-refractivity contribution in [2.45, 2.75) is 38.4 Å². The Balaban J connectivity index is 1.28. The third-order valence-electron chi connectivity index (χ3n) is 7.01. The van der Waals surface area contributed by atoms with Crippen LogP contribution in [0.3, 0.4) is 0 Å². The average Bonchev–Trinajstić information content (AvgIpc) is 3.24. The smallest absolute Gasteiger partial charge is 0.254 e. The van der Waals surface area contributed by atoms with E-state index in [4.69, 9.17) is 16.3 Å². The van der Waals surface area contributed by atoms with E-state index in [-0.39, 0.29) is 30.6 Å². The molecule has 3 aromatic rings. The summed E-state index contributed by atoms with van der Waals surface area (Å²) in [6, 6.07) is 9.46. The zero-order valence-electron chi connectivity index (χ0n) is 21.4. The molecule has 3 N–H and O–H groups in total. The second kappa shape index (κ2) is 11.6. The lowest BCUT2D eigenvalue weighted by molar-refractivity contribution is -0.122. The van der Waals surface area contributed by atoms with E-state index in [1.165, 1.54) is 17.2 Å². The van der Waals surface area contributed by atoms with Crippen LogP contribution in [0.25, 0.3) is 11.3 Å². The van der Waals surface area contributed by atoms with Gasteiger partial charge in [0, 0.05) is 42.5 Å². The molecule has 1 saturated heterocycles. The lowest BCUT2D eigenvalue weighted by Crippen LogP contribution is -2.40.